The summed E-state index contributed by atoms with van der Waals surface area (Å²) in [5.41, 5.74) is 0.857. The van der Waals surface area contributed by atoms with Gasteiger partial charge < -0.3 is 9.84 Å². The molecular formula is C12H17NO2. The molecular weight excluding hydrogens is 190 g/mol. The number of hydrogen-bond donors (Lipinski definition) is 1. The molecule has 0 spiro atoms. The van der Waals surface area contributed by atoms with Crippen LogP contribution < -0.4 is 4.74 Å². The van der Waals surface area contributed by atoms with E-state index in [4.69, 9.17) is 9.84 Å². The van der Waals surface area contributed by atoms with E-state index in [1.807, 2.05) is 6.07 Å². The van der Waals surface area contributed by atoms with E-state index < -0.39 is 0 Å². The molecule has 1 aliphatic carbocycles. The Balaban J connectivity index is 1.96. The maximum Gasteiger partial charge on any atom is 0.213 e. The minimum atomic E-state index is 0.0452. The number of aliphatic hydroxyl groups excluding tert-OH is 1. The van der Waals surface area contributed by atoms with Crippen LogP contribution in [0.25, 0.3) is 0 Å². The van der Waals surface area contributed by atoms with E-state index in [2.05, 4.69) is 4.98 Å². The zero-order valence-electron chi connectivity index (χ0n) is 8.85. The first kappa shape index (κ1) is 10.4. The average molecular weight is 207 g/mol. The largest absolute Gasteiger partial charge is 0.474 e. The van der Waals surface area contributed by atoms with Crippen molar-refractivity contribution in [2.45, 2.75) is 44.8 Å². The summed E-state index contributed by atoms with van der Waals surface area (Å²) >= 11 is 0. The van der Waals surface area contributed by atoms with Crippen molar-refractivity contribution in [1.82, 2.24) is 4.98 Å². The smallest absolute Gasteiger partial charge is 0.213 e. The Labute approximate surface area is 90.1 Å². The van der Waals surface area contributed by atoms with Crippen LogP contribution in [0.15, 0.2) is 18.3 Å². The summed E-state index contributed by atoms with van der Waals surface area (Å²) in [5, 5.41) is 8.98. The second-order valence-electron chi connectivity index (χ2n) is 4.04. The average Bonchev–Trinajstić information content (AvgIpc) is 2.31. The van der Waals surface area contributed by atoms with Crippen LogP contribution in [-0.4, -0.2) is 16.2 Å². The first-order valence-electron chi connectivity index (χ1n) is 5.61. The molecule has 1 fully saturated rings. The number of ether oxygens (including phenoxy) is 1. The van der Waals surface area contributed by atoms with Crippen molar-refractivity contribution in [3.05, 3.63) is 23.9 Å². The predicted octanol–water partition coefficient (Wildman–Crippen LogP) is 2.29. The molecule has 0 unspecified atom stereocenters. The van der Waals surface area contributed by atoms with Crippen molar-refractivity contribution in [1.29, 1.82) is 0 Å². The number of pyridine rings is 1. The maximum absolute atomic E-state index is 8.98. The molecule has 0 amide bonds. The van der Waals surface area contributed by atoms with Crippen LogP contribution in [0.5, 0.6) is 5.88 Å². The van der Waals surface area contributed by atoms with Crippen molar-refractivity contribution in [3.63, 3.8) is 0 Å². The normalized spacial score (nSPS) is 17.7. The topological polar surface area (TPSA) is 42.4 Å². The molecule has 3 nitrogen and oxygen atoms in total. The van der Waals surface area contributed by atoms with E-state index in [0.29, 0.717) is 12.0 Å². The predicted molar refractivity (Wildman–Crippen MR) is 57.7 cm³/mol. The number of rotatable bonds is 3. The quantitative estimate of drug-likeness (QED) is 0.826. The van der Waals surface area contributed by atoms with Crippen LogP contribution in [0.4, 0.5) is 0 Å². The molecule has 1 heterocycles. The summed E-state index contributed by atoms with van der Waals surface area (Å²) in [6.45, 7) is 0.0452. The van der Waals surface area contributed by atoms with Gasteiger partial charge in [-0.3, -0.25) is 0 Å². The first-order valence-corrected chi connectivity index (χ1v) is 5.61. The number of aliphatic hydroxyl groups is 1. The van der Waals surface area contributed by atoms with E-state index in [-0.39, 0.29) is 6.61 Å². The lowest BCUT2D eigenvalue weighted by molar-refractivity contribution is 0.148. The maximum atomic E-state index is 8.98. The molecule has 0 aliphatic heterocycles. The van der Waals surface area contributed by atoms with Gasteiger partial charge in [-0.05, 0) is 37.3 Å². The zero-order chi connectivity index (χ0) is 10.5. The highest BCUT2D eigenvalue weighted by atomic mass is 16.5. The third-order valence-electron chi connectivity index (χ3n) is 2.82. The molecule has 0 bridgehead atoms. The Morgan fingerprint density at radius 3 is 2.87 bits per heavy atom. The number of nitrogens with zero attached hydrogens (tertiary/aromatic N) is 1. The fourth-order valence-electron chi connectivity index (χ4n) is 1.97. The molecule has 0 saturated heterocycles. The van der Waals surface area contributed by atoms with Crippen molar-refractivity contribution < 1.29 is 9.84 Å². The monoisotopic (exact) mass is 207 g/mol. The fraction of sp³-hybridized carbons (Fsp3) is 0.583. The van der Waals surface area contributed by atoms with Gasteiger partial charge in [0.1, 0.15) is 6.10 Å². The van der Waals surface area contributed by atoms with E-state index in [1.54, 1.807) is 12.3 Å². The summed E-state index contributed by atoms with van der Waals surface area (Å²) in [6.07, 6.45) is 8.10. The Hall–Kier alpha value is -1.09. The molecule has 2 rings (SSSR count). The van der Waals surface area contributed by atoms with Crippen molar-refractivity contribution >= 4 is 0 Å². The zero-order valence-corrected chi connectivity index (χ0v) is 8.85. The third kappa shape index (κ3) is 2.93. The van der Waals surface area contributed by atoms with Gasteiger partial charge in [0, 0.05) is 12.3 Å². The summed E-state index contributed by atoms with van der Waals surface area (Å²) in [5.74, 6) is 0.647. The van der Waals surface area contributed by atoms with Gasteiger partial charge in [-0.15, -0.1) is 0 Å². The van der Waals surface area contributed by atoms with Crippen molar-refractivity contribution in [3.8, 4) is 5.88 Å². The Morgan fingerprint density at radius 1 is 1.33 bits per heavy atom. The Kier molecular flexibility index (Phi) is 3.56. The van der Waals surface area contributed by atoms with Gasteiger partial charge in [-0.1, -0.05) is 6.42 Å². The molecule has 0 radical (unpaired) electrons. The Bertz CT molecular complexity index is 308. The minimum Gasteiger partial charge on any atom is -0.474 e. The van der Waals surface area contributed by atoms with E-state index in [0.717, 1.165) is 18.4 Å². The summed E-state index contributed by atoms with van der Waals surface area (Å²) in [7, 11) is 0. The summed E-state index contributed by atoms with van der Waals surface area (Å²) in [4.78, 5) is 4.15. The molecule has 1 saturated carbocycles. The molecule has 0 aromatic carbocycles. The van der Waals surface area contributed by atoms with E-state index in [1.165, 1.54) is 19.3 Å². The molecule has 0 atom stereocenters. The van der Waals surface area contributed by atoms with Crippen LogP contribution >= 0.6 is 0 Å². The number of hydrogen-bond acceptors (Lipinski definition) is 3. The second-order valence-corrected chi connectivity index (χ2v) is 4.04. The van der Waals surface area contributed by atoms with E-state index in [9.17, 15) is 0 Å². The highest BCUT2D eigenvalue weighted by molar-refractivity contribution is 5.19. The van der Waals surface area contributed by atoms with Crippen molar-refractivity contribution in [2.75, 3.05) is 0 Å². The standard InChI is InChI=1S/C12H17NO2/c14-9-10-6-7-13-12(8-10)15-11-4-2-1-3-5-11/h6-8,11,14H,1-5,9H2. The van der Waals surface area contributed by atoms with Crippen LogP contribution in [0.3, 0.4) is 0 Å². The van der Waals surface area contributed by atoms with Gasteiger partial charge in [0.05, 0.1) is 6.61 Å². The molecule has 1 aliphatic rings. The SMILES string of the molecule is OCc1ccnc(OC2CCCCC2)c1. The van der Waals surface area contributed by atoms with Crippen LogP contribution in [0.2, 0.25) is 0 Å². The van der Waals surface area contributed by atoms with Crippen LogP contribution in [0, 0.1) is 0 Å². The molecule has 82 valence electrons. The van der Waals surface area contributed by atoms with Crippen molar-refractivity contribution in [2.24, 2.45) is 0 Å². The second kappa shape index (κ2) is 5.12. The lowest BCUT2D eigenvalue weighted by Crippen LogP contribution is -2.20. The van der Waals surface area contributed by atoms with Crippen LogP contribution in [-0.2, 0) is 6.61 Å². The highest BCUT2D eigenvalue weighted by Gasteiger charge is 2.15. The molecule has 3 heteroatoms. The summed E-state index contributed by atoms with van der Waals surface area (Å²) in [6, 6.07) is 3.61. The van der Waals surface area contributed by atoms with Gasteiger partial charge in [-0.2, -0.15) is 0 Å². The third-order valence-corrected chi connectivity index (χ3v) is 2.82. The number of aromatic nitrogens is 1. The van der Waals surface area contributed by atoms with Gasteiger partial charge in [0.25, 0.3) is 0 Å². The van der Waals surface area contributed by atoms with Gasteiger partial charge >= 0.3 is 0 Å². The van der Waals surface area contributed by atoms with Crippen LogP contribution in [0.1, 0.15) is 37.7 Å². The molecule has 15 heavy (non-hydrogen) atoms. The lowest BCUT2D eigenvalue weighted by Gasteiger charge is -2.22. The minimum absolute atomic E-state index is 0.0452. The van der Waals surface area contributed by atoms with Gasteiger partial charge in [-0.25, -0.2) is 4.98 Å². The first-order chi connectivity index (χ1) is 7.38. The Morgan fingerprint density at radius 2 is 2.13 bits per heavy atom. The molecule has 1 N–H and O–H groups in total. The summed E-state index contributed by atoms with van der Waals surface area (Å²) < 4.78 is 5.78. The van der Waals surface area contributed by atoms with Gasteiger partial charge in [0.2, 0.25) is 5.88 Å². The highest BCUT2D eigenvalue weighted by Crippen LogP contribution is 2.22. The fourth-order valence-corrected chi connectivity index (χ4v) is 1.97. The lowest BCUT2D eigenvalue weighted by atomic mass is 9.98. The van der Waals surface area contributed by atoms with E-state index >= 15 is 0 Å². The van der Waals surface area contributed by atoms with Gasteiger partial charge in [0.15, 0.2) is 0 Å². The molecule has 1 aromatic rings. The molecule has 1 aromatic heterocycles.